The molecule has 2 aliphatic heterocycles. The lowest BCUT2D eigenvalue weighted by Crippen LogP contribution is -2.50. The van der Waals surface area contributed by atoms with Gasteiger partial charge in [-0.15, -0.1) is 0 Å². The Kier molecular flexibility index (Phi) is 16.8. The van der Waals surface area contributed by atoms with Crippen LogP contribution in [0.25, 0.3) is 0 Å². The molecule has 9 amide bonds. The van der Waals surface area contributed by atoms with Crippen LogP contribution in [0, 0.1) is 0 Å². The van der Waals surface area contributed by atoms with Crippen molar-refractivity contribution in [1.29, 1.82) is 0 Å². The Balaban J connectivity index is 1.36. The number of anilines is 1. The number of carbonyl (C=O) groups is 8. The van der Waals surface area contributed by atoms with E-state index in [1.807, 2.05) is 0 Å². The number of hydrogen-bond acceptors (Lipinski definition) is 11. The second-order valence-corrected chi connectivity index (χ2v) is 11.5. The summed E-state index contributed by atoms with van der Waals surface area (Å²) in [6, 6.07) is 4.70. The first-order chi connectivity index (χ1) is 24.9. The summed E-state index contributed by atoms with van der Waals surface area (Å²) in [5, 5.41) is 19.2. The van der Waals surface area contributed by atoms with Gasteiger partial charge in [0.2, 0.25) is 17.7 Å². The Morgan fingerprint density at radius 2 is 1.46 bits per heavy atom. The van der Waals surface area contributed by atoms with E-state index in [0.717, 1.165) is 4.90 Å². The molecule has 1 fully saturated rings. The van der Waals surface area contributed by atoms with Crippen molar-refractivity contribution in [2.24, 2.45) is 5.73 Å². The fourth-order valence-electron chi connectivity index (χ4n) is 4.82. The quantitative estimate of drug-likeness (QED) is 0.0693. The van der Waals surface area contributed by atoms with Crippen molar-refractivity contribution in [1.82, 2.24) is 30.7 Å². The number of carboxylic acid groups (broad SMARTS) is 1. The molecule has 2 aliphatic rings. The zero-order valence-electron chi connectivity index (χ0n) is 28.5. The number of urea groups is 1. The lowest BCUT2D eigenvalue weighted by atomic mass is 10.1. The molecule has 0 aliphatic carbocycles. The fourth-order valence-corrected chi connectivity index (χ4v) is 4.82. The average Bonchev–Trinajstić information content (AvgIpc) is 3.44. The van der Waals surface area contributed by atoms with Gasteiger partial charge in [0, 0.05) is 57.0 Å². The molecule has 3 rings (SSSR count). The average molecular weight is 733 g/mol. The van der Waals surface area contributed by atoms with E-state index in [-0.39, 0.29) is 85.1 Å². The number of amides is 9. The van der Waals surface area contributed by atoms with Crippen LogP contribution < -0.4 is 27.0 Å². The maximum atomic E-state index is 13.1. The van der Waals surface area contributed by atoms with Crippen LogP contribution >= 0.6 is 0 Å². The van der Waals surface area contributed by atoms with Gasteiger partial charge in [-0.25, -0.2) is 14.4 Å². The molecule has 0 radical (unpaired) electrons. The van der Waals surface area contributed by atoms with Gasteiger partial charge in [0.15, 0.2) is 0 Å². The molecular formula is C32H44N8O12. The number of primary amides is 1. The van der Waals surface area contributed by atoms with Crippen LogP contribution in [0.1, 0.15) is 24.8 Å². The van der Waals surface area contributed by atoms with Crippen molar-refractivity contribution in [2.45, 2.75) is 31.9 Å². The lowest BCUT2D eigenvalue weighted by molar-refractivity contribution is -0.137. The Morgan fingerprint density at radius 3 is 2.10 bits per heavy atom. The molecular weight excluding hydrogens is 688 g/mol. The van der Waals surface area contributed by atoms with Crippen molar-refractivity contribution in [2.75, 3.05) is 77.6 Å². The van der Waals surface area contributed by atoms with Crippen molar-refractivity contribution < 1.29 is 57.7 Å². The molecule has 7 N–H and O–H groups in total. The van der Waals surface area contributed by atoms with E-state index in [1.54, 1.807) is 24.3 Å². The molecule has 2 heterocycles. The van der Waals surface area contributed by atoms with Gasteiger partial charge in [0.05, 0.1) is 39.5 Å². The van der Waals surface area contributed by atoms with E-state index in [0.29, 0.717) is 17.7 Å². The van der Waals surface area contributed by atoms with Gasteiger partial charge in [0.1, 0.15) is 12.6 Å². The summed E-state index contributed by atoms with van der Waals surface area (Å²) in [6.45, 7) is 1.21. The third-order valence-corrected chi connectivity index (χ3v) is 7.66. The summed E-state index contributed by atoms with van der Waals surface area (Å²) < 4.78 is 16.0. The summed E-state index contributed by atoms with van der Waals surface area (Å²) in [5.41, 5.74) is 6.12. The maximum Gasteiger partial charge on any atom is 0.410 e. The molecule has 1 aromatic rings. The minimum absolute atomic E-state index is 0.0442. The summed E-state index contributed by atoms with van der Waals surface area (Å²) in [6.07, 6.45) is 1.16. The third kappa shape index (κ3) is 14.6. The molecule has 1 atom stereocenters. The largest absolute Gasteiger partial charge is 0.465 e. The van der Waals surface area contributed by atoms with Crippen molar-refractivity contribution in [3.8, 4) is 0 Å². The Morgan fingerprint density at radius 1 is 0.827 bits per heavy atom. The van der Waals surface area contributed by atoms with E-state index >= 15 is 0 Å². The van der Waals surface area contributed by atoms with Crippen LogP contribution in [0.2, 0.25) is 0 Å². The molecule has 52 heavy (non-hydrogen) atoms. The molecule has 1 aromatic carbocycles. The highest BCUT2D eigenvalue weighted by Gasteiger charge is 2.25. The second-order valence-electron chi connectivity index (χ2n) is 11.5. The number of nitrogens with two attached hydrogens (primary N) is 1. The Bertz CT molecular complexity index is 1450. The number of hydrogen-bond donors (Lipinski definition) is 6. The first-order valence-corrected chi connectivity index (χ1v) is 16.5. The Hall–Kier alpha value is -5.76. The van der Waals surface area contributed by atoms with E-state index in [2.05, 4.69) is 21.3 Å². The highest BCUT2D eigenvalue weighted by molar-refractivity contribution is 6.12. The van der Waals surface area contributed by atoms with Crippen LogP contribution in [0.15, 0.2) is 36.4 Å². The highest BCUT2D eigenvalue weighted by atomic mass is 16.6. The summed E-state index contributed by atoms with van der Waals surface area (Å²) in [5.74, 6) is -2.43. The van der Waals surface area contributed by atoms with Gasteiger partial charge >= 0.3 is 18.2 Å². The molecule has 0 unspecified atom stereocenters. The van der Waals surface area contributed by atoms with E-state index in [9.17, 15) is 38.4 Å². The SMILES string of the molecule is NC(=O)NCCC[C@H](NC(=O)CNC(=O)CCOCCOCCN1C(=O)C=CC1=O)C(=O)Nc1ccc(COC(=O)N2CCN(C(=O)O)CC2)cc1. The Labute approximate surface area is 298 Å². The summed E-state index contributed by atoms with van der Waals surface area (Å²) in [7, 11) is 0. The minimum atomic E-state index is -1.04. The van der Waals surface area contributed by atoms with Gasteiger partial charge in [-0.2, -0.15) is 0 Å². The number of nitrogens with one attached hydrogen (secondary N) is 4. The molecule has 0 spiro atoms. The van der Waals surface area contributed by atoms with E-state index in [4.69, 9.17) is 25.1 Å². The monoisotopic (exact) mass is 732 g/mol. The number of rotatable bonds is 20. The number of benzene rings is 1. The van der Waals surface area contributed by atoms with E-state index in [1.165, 1.54) is 22.0 Å². The topological polar surface area (TPSA) is 268 Å². The fraction of sp³-hybridized carbons (Fsp3) is 0.500. The number of carbonyl (C=O) groups excluding carboxylic acids is 7. The minimum Gasteiger partial charge on any atom is -0.465 e. The predicted molar refractivity (Wildman–Crippen MR) is 180 cm³/mol. The van der Waals surface area contributed by atoms with Gasteiger partial charge in [-0.3, -0.25) is 28.9 Å². The number of nitrogens with zero attached hydrogens (tertiary/aromatic N) is 3. The number of imide groups is 1. The molecule has 0 bridgehead atoms. The second kappa shape index (κ2) is 21.5. The first-order valence-electron chi connectivity index (χ1n) is 16.5. The zero-order valence-corrected chi connectivity index (χ0v) is 28.5. The number of piperazine rings is 1. The normalized spacial score (nSPS) is 14.5. The van der Waals surface area contributed by atoms with Crippen LogP contribution in [0.3, 0.4) is 0 Å². The molecule has 0 aromatic heterocycles. The summed E-state index contributed by atoms with van der Waals surface area (Å²) in [4.78, 5) is 99.0. The van der Waals surface area contributed by atoms with E-state index < -0.39 is 60.3 Å². The predicted octanol–water partition coefficient (Wildman–Crippen LogP) is -1.04. The lowest BCUT2D eigenvalue weighted by Gasteiger charge is -2.32. The molecule has 0 saturated carbocycles. The van der Waals surface area contributed by atoms with Crippen LogP contribution in [-0.2, 0) is 44.8 Å². The zero-order chi connectivity index (χ0) is 37.9. The standard InChI is InChI=1S/C32H44N8O12/c33-30(46)34-10-1-2-24(37-26(42)20-35-25(41)9-16-50-18-19-51-17-15-40-27(43)7-8-28(40)44)29(45)36-23-5-3-22(4-6-23)21-52-32(49)39-13-11-38(12-14-39)31(47)48/h3-8,24H,1-2,9-21H2,(H,35,41)(H,36,45)(H,37,42)(H,47,48)(H3,33,34,46)/t24-/m0/s1. The van der Waals surface area contributed by atoms with Crippen molar-refractivity contribution >= 4 is 53.4 Å². The molecule has 20 heteroatoms. The van der Waals surface area contributed by atoms with Crippen LogP contribution in [-0.4, -0.2) is 146 Å². The van der Waals surface area contributed by atoms with Crippen molar-refractivity contribution in [3.63, 3.8) is 0 Å². The van der Waals surface area contributed by atoms with Gasteiger partial charge in [-0.05, 0) is 30.5 Å². The number of ether oxygens (including phenoxy) is 3. The highest BCUT2D eigenvalue weighted by Crippen LogP contribution is 2.13. The molecule has 284 valence electrons. The van der Waals surface area contributed by atoms with Crippen molar-refractivity contribution in [3.05, 3.63) is 42.0 Å². The molecule has 1 saturated heterocycles. The maximum absolute atomic E-state index is 13.1. The van der Waals surface area contributed by atoms with Gasteiger partial charge < -0.3 is 56.1 Å². The van der Waals surface area contributed by atoms with Gasteiger partial charge in [0.25, 0.3) is 11.8 Å². The van der Waals surface area contributed by atoms with Crippen LogP contribution in [0.5, 0.6) is 0 Å². The third-order valence-electron chi connectivity index (χ3n) is 7.66. The summed E-state index contributed by atoms with van der Waals surface area (Å²) >= 11 is 0. The van der Waals surface area contributed by atoms with Crippen LogP contribution in [0.4, 0.5) is 20.1 Å². The molecule has 20 nitrogen and oxygen atoms in total. The van der Waals surface area contributed by atoms with Gasteiger partial charge in [-0.1, -0.05) is 12.1 Å². The first kappa shape index (κ1) is 40.7. The smallest absolute Gasteiger partial charge is 0.410 e.